The number of Topliss-reactive ketones (excluding diaryl/α,β-unsaturated/α-hetero) is 1. The minimum atomic E-state index is -0.805. The summed E-state index contributed by atoms with van der Waals surface area (Å²) >= 11 is 0. The van der Waals surface area contributed by atoms with Crippen molar-refractivity contribution in [3.05, 3.63) is 59.2 Å². The number of amides is 1. The number of carbonyl (C=O) groups is 2. The molecule has 0 aliphatic carbocycles. The molecule has 0 radical (unpaired) electrons. The number of hydrogen-bond donors (Lipinski definition) is 1. The summed E-state index contributed by atoms with van der Waals surface area (Å²) < 4.78 is 16.5. The van der Waals surface area contributed by atoms with Crippen LogP contribution < -0.4 is 14.2 Å². The van der Waals surface area contributed by atoms with E-state index in [-0.39, 0.29) is 11.3 Å². The highest BCUT2D eigenvalue weighted by molar-refractivity contribution is 6.46. The molecule has 1 amide bonds. The topological polar surface area (TPSA) is 88.5 Å². The summed E-state index contributed by atoms with van der Waals surface area (Å²) in [6.07, 6.45) is 0.682. The zero-order valence-corrected chi connectivity index (χ0v) is 21.0. The number of nitrogens with zero attached hydrogens (tertiary/aromatic N) is 2. The zero-order valence-electron chi connectivity index (χ0n) is 21.0. The molecule has 2 aromatic carbocycles. The van der Waals surface area contributed by atoms with Crippen LogP contribution in [0.25, 0.3) is 5.76 Å². The van der Waals surface area contributed by atoms with Gasteiger partial charge in [-0.25, -0.2) is 0 Å². The van der Waals surface area contributed by atoms with Gasteiger partial charge in [0.2, 0.25) is 5.75 Å². The molecule has 1 heterocycles. The summed E-state index contributed by atoms with van der Waals surface area (Å²) in [5.74, 6) is -0.367. The molecule has 0 saturated carbocycles. The Morgan fingerprint density at radius 1 is 0.971 bits per heavy atom. The van der Waals surface area contributed by atoms with Gasteiger partial charge in [-0.1, -0.05) is 44.2 Å². The van der Waals surface area contributed by atoms with Crippen molar-refractivity contribution in [1.82, 2.24) is 9.80 Å². The molecule has 2 aromatic rings. The molecule has 35 heavy (non-hydrogen) atoms. The van der Waals surface area contributed by atoms with Crippen molar-refractivity contribution < 1.29 is 28.9 Å². The van der Waals surface area contributed by atoms with E-state index in [4.69, 9.17) is 14.2 Å². The second-order valence-electron chi connectivity index (χ2n) is 8.20. The molecule has 1 N–H and O–H groups in total. The number of benzene rings is 2. The highest BCUT2D eigenvalue weighted by Gasteiger charge is 2.46. The van der Waals surface area contributed by atoms with Crippen molar-refractivity contribution in [3.63, 3.8) is 0 Å². The van der Waals surface area contributed by atoms with Crippen molar-refractivity contribution in [2.75, 3.05) is 47.5 Å². The van der Waals surface area contributed by atoms with E-state index in [1.54, 1.807) is 36.4 Å². The van der Waals surface area contributed by atoms with Gasteiger partial charge in [-0.2, -0.15) is 0 Å². The molecular weight excluding hydrogens is 448 g/mol. The van der Waals surface area contributed by atoms with Crippen molar-refractivity contribution in [1.29, 1.82) is 0 Å². The largest absolute Gasteiger partial charge is 0.507 e. The lowest BCUT2D eigenvalue weighted by Crippen LogP contribution is -2.33. The normalized spacial score (nSPS) is 17.2. The predicted molar refractivity (Wildman–Crippen MR) is 134 cm³/mol. The van der Waals surface area contributed by atoms with Crippen molar-refractivity contribution in [2.45, 2.75) is 26.3 Å². The Kier molecular flexibility index (Phi) is 8.76. The average molecular weight is 483 g/mol. The highest BCUT2D eigenvalue weighted by atomic mass is 16.5. The van der Waals surface area contributed by atoms with E-state index < -0.39 is 17.7 Å². The highest BCUT2D eigenvalue weighted by Crippen LogP contribution is 2.45. The number of hydrogen-bond acceptors (Lipinski definition) is 7. The van der Waals surface area contributed by atoms with Crippen LogP contribution in [-0.2, 0) is 9.59 Å². The summed E-state index contributed by atoms with van der Waals surface area (Å²) in [7, 11) is 4.52. The molecule has 1 saturated heterocycles. The third-order valence-corrected chi connectivity index (χ3v) is 6.36. The van der Waals surface area contributed by atoms with E-state index in [1.807, 2.05) is 6.07 Å². The fourth-order valence-corrected chi connectivity index (χ4v) is 4.47. The van der Waals surface area contributed by atoms with Gasteiger partial charge in [0.05, 0.1) is 32.9 Å². The lowest BCUT2D eigenvalue weighted by atomic mass is 9.94. The first-order valence-corrected chi connectivity index (χ1v) is 11.8. The fraction of sp³-hybridized carbons (Fsp3) is 0.407. The van der Waals surface area contributed by atoms with Crippen LogP contribution in [0, 0.1) is 0 Å². The molecule has 0 bridgehead atoms. The molecule has 3 rings (SSSR count). The van der Waals surface area contributed by atoms with Crippen LogP contribution in [0.5, 0.6) is 17.2 Å². The molecule has 1 unspecified atom stereocenters. The standard InChI is InChI=1S/C27H34N2O6/c1-6-28(7-2)14-11-15-29-23(19-16-20(33-3)26(35-5)21(17-19)34-4)22(25(31)27(29)32)24(30)18-12-9-8-10-13-18/h8-10,12-13,16-17,23,30H,6-7,11,14-15H2,1-5H3. The minimum Gasteiger partial charge on any atom is -0.507 e. The zero-order chi connectivity index (χ0) is 25.5. The van der Waals surface area contributed by atoms with Gasteiger partial charge < -0.3 is 29.1 Å². The quantitative estimate of drug-likeness (QED) is 0.296. The number of methoxy groups -OCH3 is 3. The number of ketones is 1. The van der Waals surface area contributed by atoms with Crippen LogP contribution in [0.1, 0.15) is 37.4 Å². The van der Waals surface area contributed by atoms with E-state index in [1.165, 1.54) is 26.2 Å². The molecule has 8 heteroatoms. The molecule has 1 aliphatic heterocycles. The molecule has 0 aromatic heterocycles. The molecule has 1 aliphatic rings. The van der Waals surface area contributed by atoms with Gasteiger partial charge in [0.15, 0.2) is 11.5 Å². The Labute approximate surface area is 206 Å². The van der Waals surface area contributed by atoms with Crippen molar-refractivity contribution in [3.8, 4) is 17.2 Å². The maximum absolute atomic E-state index is 13.2. The van der Waals surface area contributed by atoms with E-state index in [0.717, 1.165) is 19.6 Å². The monoisotopic (exact) mass is 482 g/mol. The van der Waals surface area contributed by atoms with Crippen LogP contribution in [0.4, 0.5) is 0 Å². The van der Waals surface area contributed by atoms with Crippen LogP contribution in [0.15, 0.2) is 48.0 Å². The SMILES string of the molecule is CCN(CC)CCCN1C(=O)C(=O)C(=C(O)c2ccccc2)C1c1cc(OC)c(OC)c(OC)c1. The number of aliphatic hydroxyl groups is 1. The Morgan fingerprint density at radius 3 is 2.09 bits per heavy atom. The second kappa shape index (κ2) is 11.8. The number of carbonyl (C=O) groups excluding carboxylic acids is 2. The molecule has 8 nitrogen and oxygen atoms in total. The van der Waals surface area contributed by atoms with Crippen molar-refractivity contribution >= 4 is 17.4 Å². The number of ether oxygens (including phenoxy) is 3. The van der Waals surface area contributed by atoms with Crippen LogP contribution in [0.2, 0.25) is 0 Å². The van der Waals surface area contributed by atoms with Gasteiger partial charge >= 0.3 is 0 Å². The first kappa shape index (κ1) is 26.1. The number of likely N-dealkylation sites (tertiary alicyclic amines) is 1. The maximum atomic E-state index is 13.2. The summed E-state index contributed by atoms with van der Waals surface area (Å²) in [6, 6.07) is 11.4. The number of aliphatic hydroxyl groups excluding tert-OH is 1. The van der Waals surface area contributed by atoms with Crippen LogP contribution >= 0.6 is 0 Å². The first-order chi connectivity index (χ1) is 16.9. The Balaban J connectivity index is 2.15. The van der Waals surface area contributed by atoms with Crippen molar-refractivity contribution in [2.24, 2.45) is 0 Å². The fourth-order valence-electron chi connectivity index (χ4n) is 4.47. The second-order valence-corrected chi connectivity index (χ2v) is 8.20. The average Bonchev–Trinajstić information content (AvgIpc) is 3.15. The first-order valence-electron chi connectivity index (χ1n) is 11.8. The van der Waals surface area contributed by atoms with Gasteiger partial charge in [-0.05, 0) is 43.8 Å². The maximum Gasteiger partial charge on any atom is 0.295 e. The summed E-state index contributed by atoms with van der Waals surface area (Å²) in [5, 5.41) is 11.2. The molecule has 188 valence electrons. The Hall–Kier alpha value is -3.52. The van der Waals surface area contributed by atoms with Crippen LogP contribution in [-0.4, -0.2) is 74.1 Å². The lowest BCUT2D eigenvalue weighted by molar-refractivity contribution is -0.140. The smallest absolute Gasteiger partial charge is 0.295 e. The van der Waals surface area contributed by atoms with Gasteiger partial charge in [0, 0.05) is 12.1 Å². The predicted octanol–water partition coefficient (Wildman–Crippen LogP) is 3.87. The summed E-state index contributed by atoms with van der Waals surface area (Å²) in [4.78, 5) is 30.2. The third kappa shape index (κ3) is 5.27. The lowest BCUT2D eigenvalue weighted by Gasteiger charge is -2.27. The summed E-state index contributed by atoms with van der Waals surface area (Å²) in [5.41, 5.74) is 1.09. The van der Waals surface area contributed by atoms with E-state index in [0.29, 0.717) is 41.3 Å². The Morgan fingerprint density at radius 2 is 1.57 bits per heavy atom. The summed E-state index contributed by atoms with van der Waals surface area (Å²) in [6.45, 7) is 7.13. The van der Waals surface area contributed by atoms with Crippen LogP contribution in [0.3, 0.4) is 0 Å². The molecular formula is C27H34N2O6. The molecule has 0 spiro atoms. The van der Waals surface area contributed by atoms with E-state index in [9.17, 15) is 14.7 Å². The number of rotatable bonds is 11. The van der Waals surface area contributed by atoms with E-state index in [2.05, 4.69) is 18.7 Å². The molecule has 1 atom stereocenters. The molecule has 1 fully saturated rings. The van der Waals surface area contributed by atoms with Gasteiger partial charge in [-0.15, -0.1) is 0 Å². The van der Waals surface area contributed by atoms with Gasteiger partial charge in [-0.3, -0.25) is 9.59 Å². The Bertz CT molecular complexity index is 1050. The minimum absolute atomic E-state index is 0.0401. The third-order valence-electron chi connectivity index (χ3n) is 6.36. The van der Waals surface area contributed by atoms with E-state index >= 15 is 0 Å². The van der Waals surface area contributed by atoms with Gasteiger partial charge in [0.25, 0.3) is 11.7 Å². The van der Waals surface area contributed by atoms with Gasteiger partial charge in [0.1, 0.15) is 5.76 Å².